The van der Waals surface area contributed by atoms with Crippen molar-refractivity contribution in [1.82, 2.24) is 10.2 Å². The topological polar surface area (TPSA) is 15.3 Å². The number of hydrogen-bond donors (Lipinski definition) is 1. The fourth-order valence-electron chi connectivity index (χ4n) is 2.92. The Kier molecular flexibility index (Phi) is 8.70. The van der Waals surface area contributed by atoms with Crippen LogP contribution in [0.4, 0.5) is 0 Å². The van der Waals surface area contributed by atoms with Crippen LogP contribution in [0.3, 0.4) is 0 Å². The number of nitrogens with zero attached hydrogens (tertiary/aromatic N) is 1. The molecule has 1 rings (SSSR count). The second-order valence-corrected chi connectivity index (χ2v) is 6.57. The van der Waals surface area contributed by atoms with E-state index < -0.39 is 0 Å². The van der Waals surface area contributed by atoms with Gasteiger partial charge in [-0.05, 0) is 64.2 Å². The highest BCUT2D eigenvalue weighted by atomic mass is 15.1. The van der Waals surface area contributed by atoms with Gasteiger partial charge in [0.05, 0.1) is 0 Å². The Morgan fingerprint density at radius 2 is 1.83 bits per heavy atom. The first-order chi connectivity index (χ1) is 8.68. The molecule has 0 spiro atoms. The highest BCUT2D eigenvalue weighted by Crippen LogP contribution is 2.25. The van der Waals surface area contributed by atoms with Crippen LogP contribution in [0.5, 0.6) is 0 Å². The lowest BCUT2D eigenvalue weighted by Crippen LogP contribution is -2.26. The third-order valence-electron chi connectivity index (χ3n) is 3.99. The Labute approximate surface area is 115 Å². The number of unbranched alkanes of at least 4 members (excludes halogenated alkanes) is 2. The lowest BCUT2D eigenvalue weighted by atomic mass is 10.1. The SMILES string of the molecule is CC(C)CNCCCCCN(C)CC1CCCC1. The Hall–Kier alpha value is -0.0800. The van der Waals surface area contributed by atoms with Gasteiger partial charge in [0.25, 0.3) is 0 Å². The molecule has 1 N–H and O–H groups in total. The maximum atomic E-state index is 3.52. The van der Waals surface area contributed by atoms with E-state index in [1.54, 1.807) is 0 Å². The highest BCUT2D eigenvalue weighted by molar-refractivity contribution is 4.70. The summed E-state index contributed by atoms with van der Waals surface area (Å²) in [5, 5.41) is 3.52. The number of hydrogen-bond acceptors (Lipinski definition) is 2. The summed E-state index contributed by atoms with van der Waals surface area (Å²) in [6, 6.07) is 0. The van der Waals surface area contributed by atoms with Crippen molar-refractivity contribution in [3.8, 4) is 0 Å². The monoisotopic (exact) mass is 254 g/mol. The Morgan fingerprint density at radius 3 is 2.50 bits per heavy atom. The molecule has 0 aromatic rings. The molecule has 0 unspecified atom stereocenters. The van der Waals surface area contributed by atoms with Gasteiger partial charge in [-0.2, -0.15) is 0 Å². The van der Waals surface area contributed by atoms with E-state index >= 15 is 0 Å². The van der Waals surface area contributed by atoms with Crippen LogP contribution in [-0.2, 0) is 0 Å². The predicted octanol–water partition coefficient (Wildman–Crippen LogP) is 3.52. The smallest absolute Gasteiger partial charge is 0.000661 e. The quantitative estimate of drug-likeness (QED) is 0.600. The second-order valence-electron chi connectivity index (χ2n) is 6.57. The zero-order valence-electron chi connectivity index (χ0n) is 12.9. The molecule has 2 nitrogen and oxygen atoms in total. The Balaban J connectivity index is 1.84. The average molecular weight is 254 g/mol. The summed E-state index contributed by atoms with van der Waals surface area (Å²) < 4.78 is 0. The minimum Gasteiger partial charge on any atom is -0.316 e. The van der Waals surface area contributed by atoms with Crippen LogP contribution < -0.4 is 5.32 Å². The summed E-state index contributed by atoms with van der Waals surface area (Å²) in [7, 11) is 2.30. The van der Waals surface area contributed by atoms with E-state index in [2.05, 4.69) is 31.1 Å². The molecule has 0 bridgehead atoms. The molecule has 1 aliphatic rings. The number of nitrogens with one attached hydrogen (secondary N) is 1. The molecule has 0 amide bonds. The molecule has 0 atom stereocenters. The van der Waals surface area contributed by atoms with Crippen molar-refractivity contribution in [3.05, 3.63) is 0 Å². The molecule has 1 fully saturated rings. The number of rotatable bonds is 10. The molecule has 0 aromatic carbocycles. The van der Waals surface area contributed by atoms with Crippen molar-refractivity contribution in [3.63, 3.8) is 0 Å². The Morgan fingerprint density at radius 1 is 1.11 bits per heavy atom. The van der Waals surface area contributed by atoms with Crippen molar-refractivity contribution >= 4 is 0 Å². The lowest BCUT2D eigenvalue weighted by Gasteiger charge is -2.20. The molecule has 0 aliphatic heterocycles. The fraction of sp³-hybridized carbons (Fsp3) is 1.00. The van der Waals surface area contributed by atoms with Crippen LogP contribution in [-0.4, -0.2) is 38.1 Å². The first-order valence-corrected chi connectivity index (χ1v) is 8.07. The molecule has 2 heteroatoms. The Bertz CT molecular complexity index is 186. The van der Waals surface area contributed by atoms with Crippen molar-refractivity contribution in [2.24, 2.45) is 11.8 Å². The maximum absolute atomic E-state index is 3.52. The van der Waals surface area contributed by atoms with E-state index in [0.717, 1.165) is 11.8 Å². The van der Waals surface area contributed by atoms with Gasteiger partial charge >= 0.3 is 0 Å². The molecule has 18 heavy (non-hydrogen) atoms. The summed E-state index contributed by atoms with van der Waals surface area (Å²) in [5.41, 5.74) is 0. The van der Waals surface area contributed by atoms with Gasteiger partial charge < -0.3 is 10.2 Å². The zero-order valence-corrected chi connectivity index (χ0v) is 12.9. The summed E-state index contributed by atoms with van der Waals surface area (Å²) in [4.78, 5) is 2.55. The third kappa shape index (κ3) is 8.10. The van der Waals surface area contributed by atoms with Gasteiger partial charge in [-0.25, -0.2) is 0 Å². The molecule has 108 valence electrons. The summed E-state index contributed by atoms with van der Waals surface area (Å²) >= 11 is 0. The lowest BCUT2D eigenvalue weighted by molar-refractivity contribution is 0.272. The van der Waals surface area contributed by atoms with E-state index in [0.29, 0.717) is 0 Å². The zero-order chi connectivity index (χ0) is 13.2. The van der Waals surface area contributed by atoms with Gasteiger partial charge in [-0.3, -0.25) is 0 Å². The first kappa shape index (κ1) is 16.0. The average Bonchev–Trinajstić information content (AvgIpc) is 2.80. The van der Waals surface area contributed by atoms with Crippen molar-refractivity contribution in [1.29, 1.82) is 0 Å². The normalized spacial score (nSPS) is 17.2. The van der Waals surface area contributed by atoms with Crippen LogP contribution in [0, 0.1) is 11.8 Å². The largest absolute Gasteiger partial charge is 0.316 e. The molecule has 0 aromatic heterocycles. The van der Waals surface area contributed by atoms with Crippen molar-refractivity contribution in [2.45, 2.75) is 58.8 Å². The van der Waals surface area contributed by atoms with Gasteiger partial charge in [0.1, 0.15) is 0 Å². The molecule has 1 aliphatic carbocycles. The minimum atomic E-state index is 0.780. The van der Waals surface area contributed by atoms with Crippen LogP contribution in [0.1, 0.15) is 58.8 Å². The molecule has 0 radical (unpaired) electrons. The standard InChI is InChI=1S/C16H34N2/c1-15(2)13-17-11-7-4-8-12-18(3)14-16-9-5-6-10-16/h15-17H,4-14H2,1-3H3. The molecule has 0 saturated heterocycles. The second kappa shape index (κ2) is 9.80. The fourth-order valence-corrected chi connectivity index (χ4v) is 2.92. The van der Waals surface area contributed by atoms with Crippen LogP contribution in [0.2, 0.25) is 0 Å². The van der Waals surface area contributed by atoms with Crippen molar-refractivity contribution in [2.75, 3.05) is 33.2 Å². The van der Waals surface area contributed by atoms with Gasteiger partial charge in [-0.1, -0.05) is 33.1 Å². The molecular formula is C16H34N2. The predicted molar refractivity (Wildman–Crippen MR) is 81.0 cm³/mol. The molecule has 1 saturated carbocycles. The van der Waals surface area contributed by atoms with Gasteiger partial charge in [0.2, 0.25) is 0 Å². The van der Waals surface area contributed by atoms with E-state index in [1.807, 2.05) is 0 Å². The summed E-state index contributed by atoms with van der Waals surface area (Å²) in [5.74, 6) is 1.78. The van der Waals surface area contributed by atoms with Crippen molar-refractivity contribution < 1.29 is 0 Å². The van der Waals surface area contributed by atoms with E-state index in [4.69, 9.17) is 0 Å². The highest BCUT2D eigenvalue weighted by Gasteiger charge is 2.16. The minimum absolute atomic E-state index is 0.780. The molecular weight excluding hydrogens is 220 g/mol. The summed E-state index contributed by atoms with van der Waals surface area (Å²) in [6.45, 7) is 9.54. The van der Waals surface area contributed by atoms with Crippen LogP contribution in [0.15, 0.2) is 0 Å². The summed E-state index contributed by atoms with van der Waals surface area (Å²) in [6.07, 6.45) is 9.98. The first-order valence-electron chi connectivity index (χ1n) is 8.07. The van der Waals surface area contributed by atoms with Gasteiger partial charge in [0.15, 0.2) is 0 Å². The van der Waals surface area contributed by atoms with Gasteiger partial charge in [-0.15, -0.1) is 0 Å². The molecule has 0 heterocycles. The third-order valence-corrected chi connectivity index (χ3v) is 3.99. The maximum Gasteiger partial charge on any atom is 0.000661 e. The van der Waals surface area contributed by atoms with E-state index in [-0.39, 0.29) is 0 Å². The van der Waals surface area contributed by atoms with Crippen LogP contribution >= 0.6 is 0 Å². The van der Waals surface area contributed by atoms with Crippen LogP contribution in [0.25, 0.3) is 0 Å². The van der Waals surface area contributed by atoms with E-state index in [1.165, 1.54) is 71.1 Å². The van der Waals surface area contributed by atoms with E-state index in [9.17, 15) is 0 Å². The van der Waals surface area contributed by atoms with Gasteiger partial charge in [0, 0.05) is 6.54 Å².